The second-order valence-corrected chi connectivity index (χ2v) is 19.4. The van der Waals surface area contributed by atoms with E-state index in [1.807, 2.05) is 0 Å². The van der Waals surface area contributed by atoms with Crippen LogP contribution in [-0.2, 0) is 64.0 Å². The molecule has 0 saturated heterocycles. The highest BCUT2D eigenvalue weighted by Crippen LogP contribution is 2.13. The van der Waals surface area contributed by atoms with Crippen molar-refractivity contribution in [2.24, 2.45) is 29.4 Å². The Labute approximate surface area is 424 Å². The quantitative estimate of drug-likeness (QED) is 0.0408. The second-order valence-electron chi connectivity index (χ2n) is 19.4. The van der Waals surface area contributed by atoms with Gasteiger partial charge < -0.3 is 68.7 Å². The molecule has 25 heteroatoms. The van der Waals surface area contributed by atoms with E-state index in [9.17, 15) is 78.0 Å². The lowest BCUT2D eigenvalue weighted by atomic mass is 9.99. The molecule has 9 atom stereocenters. The first-order valence-electron chi connectivity index (χ1n) is 24.0. The highest BCUT2D eigenvalue weighted by Gasteiger charge is 2.37. The van der Waals surface area contributed by atoms with E-state index in [2.05, 4.69) is 42.5 Å². The standard InChI is InChI=1S/C48H75N9O16/c1-23(2)19-31(52-40(64)27(9)49)44(68)56-38(25(5)6)46(70)51-30(16-18-36(60)61)42(66)53-32(21-28-13-11-10-12-14-28)43(67)50-29(15-17-35(58)59)41(65)54-33(22-37(62)63)45(69)57-39(26(7)8)47(71)55-34(48(72)73)20-24(3)4/h10-14,23-27,29-34,38-39H,15-22,49H2,1-9H3,(H,50,67)(H,51,70)(H,52,64)(H,53,66)(H,54,65)(H,55,71)(H,56,68)(H,57,69)(H,58,59)(H,60,61)(H,62,63)(H,72,73)/t27-,29-,30-,31-,32-,33-,34-,38-,39-/m0/s1. The molecule has 0 heterocycles. The molecule has 1 aromatic carbocycles. The summed E-state index contributed by atoms with van der Waals surface area (Å²) in [6.45, 7) is 14.7. The maximum Gasteiger partial charge on any atom is 0.326 e. The molecule has 1 aromatic rings. The average Bonchev–Trinajstić information content (AvgIpc) is 3.27. The molecule has 0 bridgehead atoms. The largest absolute Gasteiger partial charge is 0.481 e. The van der Waals surface area contributed by atoms with E-state index in [0.717, 1.165) is 0 Å². The van der Waals surface area contributed by atoms with Gasteiger partial charge in [0, 0.05) is 19.3 Å². The molecule has 73 heavy (non-hydrogen) atoms. The van der Waals surface area contributed by atoms with Crippen molar-refractivity contribution in [3.63, 3.8) is 0 Å². The first kappa shape index (κ1) is 63.8. The van der Waals surface area contributed by atoms with Crippen molar-refractivity contribution < 1.29 is 78.0 Å². The van der Waals surface area contributed by atoms with Crippen molar-refractivity contribution in [3.05, 3.63) is 35.9 Å². The molecule has 0 aliphatic rings. The lowest BCUT2D eigenvalue weighted by molar-refractivity contribution is -0.144. The Balaban J connectivity index is 3.62. The van der Waals surface area contributed by atoms with Crippen molar-refractivity contribution in [1.82, 2.24) is 42.5 Å². The maximum atomic E-state index is 14.2. The number of aliphatic carboxylic acids is 4. The van der Waals surface area contributed by atoms with Gasteiger partial charge in [0.15, 0.2) is 0 Å². The van der Waals surface area contributed by atoms with Gasteiger partial charge in [-0.05, 0) is 61.8 Å². The van der Waals surface area contributed by atoms with E-state index in [1.165, 1.54) is 20.8 Å². The Kier molecular flexibility index (Phi) is 27.4. The van der Waals surface area contributed by atoms with Crippen LogP contribution in [0, 0.1) is 23.7 Å². The van der Waals surface area contributed by atoms with E-state index < -0.39 is 169 Å². The first-order chi connectivity index (χ1) is 33.9. The molecule has 0 fully saturated rings. The zero-order valence-electron chi connectivity index (χ0n) is 42.8. The number of rotatable bonds is 33. The van der Waals surface area contributed by atoms with Gasteiger partial charge >= 0.3 is 23.9 Å². The lowest BCUT2D eigenvalue weighted by Gasteiger charge is -2.29. The topological polar surface area (TPSA) is 408 Å². The fourth-order valence-corrected chi connectivity index (χ4v) is 7.13. The molecule has 0 aromatic heterocycles. The predicted octanol–water partition coefficient (Wildman–Crippen LogP) is -0.852. The third kappa shape index (κ3) is 24.2. The zero-order chi connectivity index (χ0) is 55.9. The summed E-state index contributed by atoms with van der Waals surface area (Å²) < 4.78 is 0. The monoisotopic (exact) mass is 1030 g/mol. The molecule has 0 aliphatic heterocycles. The molecule has 0 spiro atoms. The fourth-order valence-electron chi connectivity index (χ4n) is 7.13. The fraction of sp³-hybridized carbons (Fsp3) is 0.625. The smallest absolute Gasteiger partial charge is 0.326 e. The highest BCUT2D eigenvalue weighted by atomic mass is 16.4. The Hall–Kier alpha value is -7.18. The number of benzene rings is 1. The molecule has 0 aliphatic carbocycles. The van der Waals surface area contributed by atoms with Crippen LogP contribution in [0.5, 0.6) is 0 Å². The Morgan fingerprint density at radius 1 is 0.425 bits per heavy atom. The summed E-state index contributed by atoms with van der Waals surface area (Å²) in [4.78, 5) is 157. The van der Waals surface area contributed by atoms with Crippen LogP contribution in [0.2, 0.25) is 0 Å². The SMILES string of the molecule is CC(C)C[C@H](NC(=O)[C@@H](NC(=O)[C@H](CC(=O)O)NC(=O)[C@H](CCC(=O)O)NC(=O)[C@H](Cc1ccccc1)NC(=O)[C@H](CCC(=O)O)NC(=O)[C@@H](NC(=O)[C@H](CC(C)C)NC(=O)[C@H](C)N)C(C)C)C(C)C)C(=O)O. The minimum absolute atomic E-state index is 0.0390. The van der Waals surface area contributed by atoms with Crippen LogP contribution in [0.1, 0.15) is 113 Å². The third-order valence-electron chi connectivity index (χ3n) is 11.1. The minimum Gasteiger partial charge on any atom is -0.481 e. The molecule has 408 valence electrons. The maximum absolute atomic E-state index is 14.2. The van der Waals surface area contributed by atoms with Crippen LogP contribution in [0.25, 0.3) is 0 Å². The average molecular weight is 1030 g/mol. The molecular weight excluding hydrogens is 959 g/mol. The molecule has 0 radical (unpaired) electrons. The van der Waals surface area contributed by atoms with Gasteiger partial charge in [0.1, 0.15) is 48.3 Å². The summed E-state index contributed by atoms with van der Waals surface area (Å²) in [6.07, 6.45) is -3.77. The summed E-state index contributed by atoms with van der Waals surface area (Å²) in [5.74, 6) is -15.2. The van der Waals surface area contributed by atoms with Crippen molar-refractivity contribution >= 4 is 71.1 Å². The number of amides is 8. The minimum atomic E-state index is -1.94. The van der Waals surface area contributed by atoms with Gasteiger partial charge in [-0.1, -0.05) is 85.7 Å². The Morgan fingerprint density at radius 2 is 0.781 bits per heavy atom. The third-order valence-corrected chi connectivity index (χ3v) is 11.1. The number of carbonyl (C=O) groups excluding carboxylic acids is 8. The molecule has 25 nitrogen and oxygen atoms in total. The van der Waals surface area contributed by atoms with Gasteiger partial charge in [-0.15, -0.1) is 0 Å². The van der Waals surface area contributed by atoms with Gasteiger partial charge in [0.2, 0.25) is 47.3 Å². The lowest BCUT2D eigenvalue weighted by Crippen LogP contribution is -2.61. The van der Waals surface area contributed by atoms with Crippen LogP contribution >= 0.6 is 0 Å². The van der Waals surface area contributed by atoms with Gasteiger partial charge in [-0.25, -0.2) is 4.79 Å². The summed E-state index contributed by atoms with van der Waals surface area (Å²) in [5, 5.41) is 57.8. The summed E-state index contributed by atoms with van der Waals surface area (Å²) in [5.41, 5.74) is 6.13. The van der Waals surface area contributed by atoms with Gasteiger partial charge in [0.25, 0.3) is 0 Å². The van der Waals surface area contributed by atoms with Crippen LogP contribution in [0.3, 0.4) is 0 Å². The van der Waals surface area contributed by atoms with Crippen LogP contribution in [0.4, 0.5) is 0 Å². The number of carboxylic acid groups (broad SMARTS) is 4. The molecule has 1 rings (SSSR count). The number of carboxylic acids is 4. The van der Waals surface area contributed by atoms with Gasteiger partial charge in [-0.3, -0.25) is 52.7 Å². The Bertz CT molecular complexity index is 2100. The number of carbonyl (C=O) groups is 12. The van der Waals surface area contributed by atoms with E-state index >= 15 is 0 Å². The van der Waals surface area contributed by atoms with Gasteiger partial charge in [-0.2, -0.15) is 0 Å². The van der Waals surface area contributed by atoms with E-state index in [0.29, 0.717) is 5.56 Å². The number of nitrogens with one attached hydrogen (secondary N) is 8. The number of nitrogens with two attached hydrogens (primary N) is 1. The molecule has 0 unspecified atom stereocenters. The van der Waals surface area contributed by atoms with Crippen molar-refractivity contribution in [2.75, 3.05) is 0 Å². The summed E-state index contributed by atoms with van der Waals surface area (Å²) in [6, 6.07) is -5.22. The predicted molar refractivity (Wildman–Crippen MR) is 261 cm³/mol. The van der Waals surface area contributed by atoms with Crippen LogP contribution < -0.4 is 48.3 Å². The van der Waals surface area contributed by atoms with Crippen LogP contribution in [0.15, 0.2) is 30.3 Å². The molecule has 14 N–H and O–H groups in total. The van der Waals surface area contributed by atoms with E-state index in [-0.39, 0.29) is 31.1 Å². The number of hydrogen-bond acceptors (Lipinski definition) is 13. The first-order valence-corrected chi connectivity index (χ1v) is 24.0. The summed E-state index contributed by atoms with van der Waals surface area (Å²) in [7, 11) is 0. The molecule has 8 amide bonds. The van der Waals surface area contributed by atoms with Crippen molar-refractivity contribution in [3.8, 4) is 0 Å². The normalized spacial score (nSPS) is 14.9. The van der Waals surface area contributed by atoms with E-state index in [1.54, 1.807) is 71.9 Å². The Morgan fingerprint density at radius 3 is 1.18 bits per heavy atom. The zero-order valence-corrected chi connectivity index (χ0v) is 42.8. The van der Waals surface area contributed by atoms with E-state index in [4.69, 9.17) is 5.73 Å². The summed E-state index contributed by atoms with van der Waals surface area (Å²) >= 11 is 0. The second kappa shape index (κ2) is 31.3. The number of hydrogen-bond donors (Lipinski definition) is 13. The molecule has 0 saturated carbocycles. The molecular formula is C48H75N9O16. The van der Waals surface area contributed by atoms with Gasteiger partial charge in [0.05, 0.1) is 12.5 Å². The van der Waals surface area contributed by atoms with Crippen molar-refractivity contribution in [1.29, 1.82) is 0 Å². The van der Waals surface area contributed by atoms with Crippen LogP contribution in [-0.4, -0.2) is 146 Å². The highest BCUT2D eigenvalue weighted by molar-refractivity contribution is 5.99. The van der Waals surface area contributed by atoms with Crippen molar-refractivity contribution in [2.45, 2.75) is 168 Å².